The van der Waals surface area contributed by atoms with E-state index < -0.39 is 17.6 Å². The first-order valence-corrected chi connectivity index (χ1v) is 8.25. The van der Waals surface area contributed by atoms with E-state index in [9.17, 15) is 18.0 Å². The summed E-state index contributed by atoms with van der Waals surface area (Å²) < 4.78 is 49.3. The van der Waals surface area contributed by atoms with Gasteiger partial charge in [0.25, 0.3) is 5.91 Å². The number of rotatable bonds is 5. The maximum Gasteiger partial charge on any atom is 0.416 e. The molecular weight excluding hydrogens is 347 g/mol. The number of ether oxygens (including phenoxy) is 2. The van der Waals surface area contributed by atoms with E-state index in [1.807, 2.05) is 0 Å². The lowest BCUT2D eigenvalue weighted by Crippen LogP contribution is -2.16. The normalized spacial score (nSPS) is 17.1. The van der Waals surface area contributed by atoms with Crippen LogP contribution in [-0.4, -0.2) is 25.2 Å². The number of alkyl halides is 3. The monoisotopic (exact) mass is 365 g/mol. The lowest BCUT2D eigenvalue weighted by molar-refractivity contribution is -0.137. The van der Waals surface area contributed by atoms with E-state index in [-0.39, 0.29) is 11.7 Å². The summed E-state index contributed by atoms with van der Waals surface area (Å²) >= 11 is 0. The minimum Gasteiger partial charge on any atom is -0.491 e. The minimum absolute atomic E-state index is 0.0569. The highest BCUT2D eigenvalue weighted by Gasteiger charge is 2.30. The van der Waals surface area contributed by atoms with Crippen LogP contribution in [0, 0.1) is 0 Å². The van der Waals surface area contributed by atoms with E-state index in [1.54, 1.807) is 24.3 Å². The zero-order chi connectivity index (χ0) is 18.6. The van der Waals surface area contributed by atoms with Crippen LogP contribution in [0.3, 0.4) is 0 Å². The van der Waals surface area contributed by atoms with Crippen LogP contribution in [0.5, 0.6) is 5.75 Å². The van der Waals surface area contributed by atoms with Gasteiger partial charge in [0.1, 0.15) is 12.4 Å². The molecule has 1 saturated heterocycles. The molecule has 4 nitrogen and oxygen atoms in total. The van der Waals surface area contributed by atoms with Gasteiger partial charge in [-0.1, -0.05) is 6.07 Å². The first kappa shape index (κ1) is 18.3. The fourth-order valence-electron chi connectivity index (χ4n) is 2.64. The molecular formula is C19H18F3NO3. The number of carbonyl (C=O) groups is 1. The molecule has 0 aliphatic carbocycles. The summed E-state index contributed by atoms with van der Waals surface area (Å²) in [5.74, 6) is 0.0293. The summed E-state index contributed by atoms with van der Waals surface area (Å²) in [7, 11) is 0. The Kier molecular flexibility index (Phi) is 5.46. The van der Waals surface area contributed by atoms with Crippen LogP contribution in [0.1, 0.15) is 28.8 Å². The van der Waals surface area contributed by atoms with E-state index in [0.717, 1.165) is 31.6 Å². The Bertz CT molecular complexity index is 753. The summed E-state index contributed by atoms with van der Waals surface area (Å²) in [5.41, 5.74) is -0.446. The fraction of sp³-hybridized carbons (Fsp3) is 0.316. The average Bonchev–Trinajstić information content (AvgIpc) is 3.14. The summed E-state index contributed by atoms with van der Waals surface area (Å²) in [5, 5.41) is 2.57. The molecule has 1 amide bonds. The number of nitrogens with one attached hydrogen (secondary N) is 1. The Labute approximate surface area is 148 Å². The van der Waals surface area contributed by atoms with Gasteiger partial charge in [-0.05, 0) is 55.3 Å². The van der Waals surface area contributed by atoms with Crippen molar-refractivity contribution in [2.45, 2.75) is 25.1 Å². The maximum atomic E-state index is 12.7. The maximum absolute atomic E-state index is 12.7. The molecule has 3 rings (SSSR count). The van der Waals surface area contributed by atoms with Crippen LogP contribution >= 0.6 is 0 Å². The lowest BCUT2D eigenvalue weighted by atomic mass is 10.1. The summed E-state index contributed by atoms with van der Waals surface area (Å²) in [6, 6.07) is 11.0. The van der Waals surface area contributed by atoms with Gasteiger partial charge in [0.05, 0.1) is 11.7 Å². The van der Waals surface area contributed by atoms with Crippen LogP contribution in [0.2, 0.25) is 0 Å². The molecule has 1 N–H and O–H groups in total. The van der Waals surface area contributed by atoms with Crippen molar-refractivity contribution in [2.75, 3.05) is 18.5 Å². The third-order valence-electron chi connectivity index (χ3n) is 4.02. The van der Waals surface area contributed by atoms with Crippen LogP contribution in [0.4, 0.5) is 18.9 Å². The van der Waals surface area contributed by atoms with Crippen molar-refractivity contribution in [3.05, 3.63) is 59.7 Å². The Morgan fingerprint density at radius 1 is 1.19 bits per heavy atom. The van der Waals surface area contributed by atoms with E-state index in [0.29, 0.717) is 18.0 Å². The number of anilines is 1. The van der Waals surface area contributed by atoms with Crippen LogP contribution in [0.25, 0.3) is 0 Å². The molecule has 7 heteroatoms. The van der Waals surface area contributed by atoms with Crippen molar-refractivity contribution in [2.24, 2.45) is 0 Å². The first-order valence-electron chi connectivity index (χ1n) is 8.25. The summed E-state index contributed by atoms with van der Waals surface area (Å²) in [6.45, 7) is 1.23. The molecule has 0 spiro atoms. The standard InChI is InChI=1S/C19H18F3NO3/c20-19(21,22)14-4-1-3-13(11-14)18(24)23-15-6-8-16(9-7-15)26-12-17-5-2-10-25-17/h1,3-4,6-9,11,17H,2,5,10,12H2,(H,23,24)/t17-/m1/s1. The van der Waals surface area contributed by atoms with Crippen LogP contribution < -0.4 is 10.1 Å². The van der Waals surface area contributed by atoms with Gasteiger partial charge in [-0.2, -0.15) is 13.2 Å². The van der Waals surface area contributed by atoms with Gasteiger partial charge < -0.3 is 14.8 Å². The summed E-state index contributed by atoms with van der Waals surface area (Å²) in [4.78, 5) is 12.2. The quantitative estimate of drug-likeness (QED) is 0.848. The molecule has 138 valence electrons. The molecule has 1 atom stereocenters. The highest BCUT2D eigenvalue weighted by Crippen LogP contribution is 2.29. The second-order valence-electron chi connectivity index (χ2n) is 6.00. The molecule has 0 saturated carbocycles. The second-order valence-corrected chi connectivity index (χ2v) is 6.00. The third-order valence-corrected chi connectivity index (χ3v) is 4.02. The molecule has 1 aliphatic heterocycles. The van der Waals surface area contributed by atoms with Crippen molar-refractivity contribution in [3.63, 3.8) is 0 Å². The second kappa shape index (κ2) is 7.78. The highest BCUT2D eigenvalue weighted by molar-refractivity contribution is 6.04. The molecule has 1 fully saturated rings. The number of hydrogen-bond acceptors (Lipinski definition) is 3. The van der Waals surface area contributed by atoms with Crippen molar-refractivity contribution >= 4 is 11.6 Å². The molecule has 26 heavy (non-hydrogen) atoms. The molecule has 0 unspecified atom stereocenters. The average molecular weight is 365 g/mol. The molecule has 0 aromatic heterocycles. The van der Waals surface area contributed by atoms with Gasteiger partial charge in [0, 0.05) is 17.9 Å². The number of benzene rings is 2. The van der Waals surface area contributed by atoms with E-state index in [1.165, 1.54) is 12.1 Å². The van der Waals surface area contributed by atoms with Crippen molar-refractivity contribution < 1.29 is 27.4 Å². The van der Waals surface area contributed by atoms with Gasteiger partial charge in [-0.15, -0.1) is 0 Å². The largest absolute Gasteiger partial charge is 0.491 e. The molecule has 1 aliphatic rings. The number of hydrogen-bond donors (Lipinski definition) is 1. The van der Waals surface area contributed by atoms with Gasteiger partial charge in [0.15, 0.2) is 0 Å². The summed E-state index contributed by atoms with van der Waals surface area (Å²) in [6.07, 6.45) is -2.37. The highest BCUT2D eigenvalue weighted by atomic mass is 19.4. The molecule has 2 aromatic carbocycles. The minimum atomic E-state index is -4.49. The van der Waals surface area contributed by atoms with Crippen molar-refractivity contribution in [1.29, 1.82) is 0 Å². The molecule has 0 bridgehead atoms. The Balaban J connectivity index is 1.59. The number of amides is 1. The SMILES string of the molecule is O=C(Nc1ccc(OC[C@H]2CCCO2)cc1)c1cccc(C(F)(F)F)c1. The Hall–Kier alpha value is -2.54. The van der Waals surface area contributed by atoms with Crippen LogP contribution in [-0.2, 0) is 10.9 Å². The zero-order valence-corrected chi connectivity index (χ0v) is 13.9. The smallest absolute Gasteiger partial charge is 0.416 e. The topological polar surface area (TPSA) is 47.6 Å². The predicted molar refractivity (Wildman–Crippen MR) is 90.3 cm³/mol. The first-order chi connectivity index (χ1) is 12.4. The van der Waals surface area contributed by atoms with Crippen molar-refractivity contribution in [1.82, 2.24) is 0 Å². The molecule has 1 heterocycles. The molecule has 2 aromatic rings. The molecule has 0 radical (unpaired) electrons. The fourth-order valence-corrected chi connectivity index (χ4v) is 2.64. The van der Waals surface area contributed by atoms with E-state index in [2.05, 4.69) is 5.32 Å². The zero-order valence-electron chi connectivity index (χ0n) is 13.9. The number of halogens is 3. The Morgan fingerprint density at radius 3 is 2.62 bits per heavy atom. The van der Waals surface area contributed by atoms with E-state index in [4.69, 9.17) is 9.47 Å². The van der Waals surface area contributed by atoms with E-state index >= 15 is 0 Å². The van der Waals surface area contributed by atoms with Crippen LogP contribution in [0.15, 0.2) is 48.5 Å². The van der Waals surface area contributed by atoms with Gasteiger partial charge in [-0.3, -0.25) is 4.79 Å². The number of carbonyl (C=O) groups excluding carboxylic acids is 1. The predicted octanol–water partition coefficient (Wildman–Crippen LogP) is 4.52. The van der Waals surface area contributed by atoms with Gasteiger partial charge in [0.2, 0.25) is 0 Å². The third kappa shape index (κ3) is 4.76. The van der Waals surface area contributed by atoms with Gasteiger partial charge >= 0.3 is 6.18 Å². The Morgan fingerprint density at radius 2 is 1.96 bits per heavy atom. The van der Waals surface area contributed by atoms with Crippen molar-refractivity contribution in [3.8, 4) is 5.75 Å². The van der Waals surface area contributed by atoms with Gasteiger partial charge in [-0.25, -0.2) is 0 Å². The lowest BCUT2D eigenvalue weighted by Gasteiger charge is -2.12.